The lowest BCUT2D eigenvalue weighted by Crippen LogP contribution is -2.48. The average Bonchev–Trinajstić information content (AvgIpc) is 2.73. The Morgan fingerprint density at radius 3 is 2.48 bits per heavy atom. The molecule has 0 aliphatic heterocycles. The Hall–Kier alpha value is -3.42. The molecular formula is C23H18N4. The van der Waals surface area contributed by atoms with Crippen LogP contribution in [0.25, 0.3) is 10.8 Å². The van der Waals surface area contributed by atoms with Gasteiger partial charge in [0.25, 0.3) is 0 Å². The van der Waals surface area contributed by atoms with E-state index in [0.29, 0.717) is 0 Å². The van der Waals surface area contributed by atoms with E-state index in [2.05, 4.69) is 24.3 Å². The van der Waals surface area contributed by atoms with Crippen molar-refractivity contribution in [3.63, 3.8) is 0 Å². The van der Waals surface area contributed by atoms with Crippen molar-refractivity contribution >= 4 is 16.5 Å². The third kappa shape index (κ3) is 2.29. The molecule has 130 valence electrons. The van der Waals surface area contributed by atoms with Crippen molar-refractivity contribution in [2.24, 2.45) is 17.3 Å². The summed E-state index contributed by atoms with van der Waals surface area (Å²) in [4.78, 5) is 0. The molecule has 27 heavy (non-hydrogen) atoms. The second kappa shape index (κ2) is 6.39. The van der Waals surface area contributed by atoms with Gasteiger partial charge in [0.2, 0.25) is 0 Å². The van der Waals surface area contributed by atoms with Gasteiger partial charge in [0.05, 0.1) is 23.9 Å². The molecule has 0 saturated heterocycles. The molecule has 4 rings (SSSR count). The van der Waals surface area contributed by atoms with Gasteiger partial charge in [-0.1, -0.05) is 48.5 Å². The fraction of sp³-hybridized carbons (Fsp3) is 0.304. The lowest BCUT2D eigenvalue weighted by atomic mass is 9.53. The predicted octanol–water partition coefficient (Wildman–Crippen LogP) is 4.86. The van der Waals surface area contributed by atoms with Crippen LogP contribution in [0, 0.1) is 56.7 Å². The molecule has 0 spiro atoms. The number of nitriles is 3. The molecule has 1 N–H and O–H groups in total. The second-order valence-corrected chi connectivity index (χ2v) is 7.29. The molecule has 1 saturated carbocycles. The van der Waals surface area contributed by atoms with Gasteiger partial charge in [-0.05, 0) is 47.1 Å². The zero-order chi connectivity index (χ0) is 19.0. The van der Waals surface area contributed by atoms with E-state index < -0.39 is 17.3 Å². The summed E-state index contributed by atoms with van der Waals surface area (Å²) in [5.41, 5.74) is 0.157. The maximum absolute atomic E-state index is 10.1. The molecule has 2 aliphatic rings. The Kier molecular flexibility index (Phi) is 4.02. The highest BCUT2D eigenvalue weighted by atomic mass is 14.6. The van der Waals surface area contributed by atoms with E-state index in [-0.39, 0.29) is 11.6 Å². The monoisotopic (exact) mass is 350 g/mol. The molecule has 3 atom stereocenters. The van der Waals surface area contributed by atoms with Crippen molar-refractivity contribution in [2.75, 3.05) is 0 Å². The normalized spacial score (nSPS) is 26.2. The molecule has 0 bridgehead atoms. The zero-order valence-corrected chi connectivity index (χ0v) is 14.8. The molecule has 4 heteroatoms. The van der Waals surface area contributed by atoms with Crippen LogP contribution in [0.3, 0.4) is 0 Å². The minimum Gasteiger partial charge on any atom is -0.305 e. The van der Waals surface area contributed by atoms with Crippen LogP contribution in [0.4, 0.5) is 0 Å². The van der Waals surface area contributed by atoms with Crippen LogP contribution in [0.2, 0.25) is 0 Å². The summed E-state index contributed by atoms with van der Waals surface area (Å²) in [6.45, 7) is 0. The molecule has 0 heterocycles. The summed E-state index contributed by atoms with van der Waals surface area (Å²) in [7, 11) is 0. The van der Waals surface area contributed by atoms with E-state index in [1.54, 1.807) is 0 Å². The van der Waals surface area contributed by atoms with Gasteiger partial charge >= 0.3 is 0 Å². The molecule has 0 unspecified atom stereocenters. The number of allylic oxidation sites excluding steroid dienone is 2. The van der Waals surface area contributed by atoms with Crippen LogP contribution >= 0.6 is 0 Å². The maximum Gasteiger partial charge on any atom is 0.189 e. The van der Waals surface area contributed by atoms with E-state index in [1.807, 2.05) is 42.5 Å². The third-order valence-corrected chi connectivity index (χ3v) is 6.08. The minimum absolute atomic E-state index is 0.0670. The molecule has 2 aromatic rings. The van der Waals surface area contributed by atoms with Gasteiger partial charge < -0.3 is 5.41 Å². The van der Waals surface area contributed by atoms with Gasteiger partial charge in [-0.3, -0.25) is 0 Å². The molecule has 0 radical (unpaired) electrons. The van der Waals surface area contributed by atoms with Crippen molar-refractivity contribution in [2.45, 2.75) is 25.2 Å². The number of nitrogens with one attached hydrogen (secondary N) is 1. The first-order valence-electron chi connectivity index (χ1n) is 9.16. The Morgan fingerprint density at radius 1 is 1.00 bits per heavy atom. The summed E-state index contributed by atoms with van der Waals surface area (Å²) in [5.74, 6) is -1.29. The maximum atomic E-state index is 10.1. The SMILES string of the molecule is N#C[C@@H]1C(=N)C(C#N)(C#N)[C@@H](c2cccc3ccccc23)[C@H]2CCCC=C12. The number of nitrogens with zero attached hydrogens (tertiary/aromatic N) is 3. The lowest BCUT2D eigenvalue weighted by Gasteiger charge is -2.46. The highest BCUT2D eigenvalue weighted by Crippen LogP contribution is 2.56. The Balaban J connectivity index is 2.04. The van der Waals surface area contributed by atoms with E-state index >= 15 is 0 Å². The van der Waals surface area contributed by atoms with Gasteiger partial charge in [-0.15, -0.1) is 0 Å². The van der Waals surface area contributed by atoms with Crippen molar-refractivity contribution < 1.29 is 0 Å². The predicted molar refractivity (Wildman–Crippen MR) is 103 cm³/mol. The van der Waals surface area contributed by atoms with Gasteiger partial charge in [0.15, 0.2) is 5.41 Å². The first-order valence-corrected chi connectivity index (χ1v) is 9.16. The van der Waals surface area contributed by atoms with Gasteiger partial charge in [-0.25, -0.2) is 0 Å². The standard InChI is InChI=1S/C23H18N4/c24-12-20-17-9-3-4-10-19(17)21(23(13-25,14-26)22(20)27)18-11-5-7-15-6-1-2-8-16(15)18/h1-2,5-9,11,19-21,27H,3-4,10H2/t19-,20-,21-/m0/s1. The topological polar surface area (TPSA) is 95.2 Å². The Labute approximate surface area is 158 Å². The van der Waals surface area contributed by atoms with Crippen LogP contribution in [-0.2, 0) is 0 Å². The summed E-state index contributed by atoms with van der Waals surface area (Å²) >= 11 is 0. The zero-order valence-electron chi connectivity index (χ0n) is 14.8. The van der Waals surface area contributed by atoms with Crippen LogP contribution < -0.4 is 0 Å². The van der Waals surface area contributed by atoms with Crippen LogP contribution in [0.5, 0.6) is 0 Å². The number of fused-ring (bicyclic) bond motifs is 2. The molecule has 2 aliphatic carbocycles. The summed E-state index contributed by atoms with van der Waals surface area (Å²) in [6.07, 6.45) is 4.74. The van der Waals surface area contributed by atoms with Crippen LogP contribution in [0.1, 0.15) is 30.7 Å². The number of benzene rings is 2. The van der Waals surface area contributed by atoms with Crippen molar-refractivity contribution in [3.05, 3.63) is 59.7 Å². The number of rotatable bonds is 1. The van der Waals surface area contributed by atoms with Gasteiger partial charge in [0.1, 0.15) is 5.92 Å². The van der Waals surface area contributed by atoms with E-state index in [1.165, 1.54) is 0 Å². The average molecular weight is 350 g/mol. The third-order valence-electron chi connectivity index (χ3n) is 6.08. The Morgan fingerprint density at radius 2 is 1.74 bits per heavy atom. The van der Waals surface area contributed by atoms with Crippen molar-refractivity contribution in [1.82, 2.24) is 0 Å². The van der Waals surface area contributed by atoms with Crippen molar-refractivity contribution in [1.29, 1.82) is 21.2 Å². The molecule has 0 aromatic heterocycles. The van der Waals surface area contributed by atoms with Crippen molar-refractivity contribution in [3.8, 4) is 18.2 Å². The highest BCUT2D eigenvalue weighted by Gasteiger charge is 2.57. The molecule has 2 aromatic carbocycles. The number of hydrogen-bond acceptors (Lipinski definition) is 4. The van der Waals surface area contributed by atoms with Crippen LogP contribution in [-0.4, -0.2) is 5.71 Å². The van der Waals surface area contributed by atoms with E-state index in [0.717, 1.165) is 41.2 Å². The second-order valence-electron chi connectivity index (χ2n) is 7.29. The summed E-state index contributed by atoms with van der Waals surface area (Å²) < 4.78 is 0. The molecule has 1 fully saturated rings. The quantitative estimate of drug-likeness (QED) is 0.744. The largest absolute Gasteiger partial charge is 0.305 e. The van der Waals surface area contributed by atoms with Gasteiger partial charge in [-0.2, -0.15) is 15.8 Å². The Bertz CT molecular complexity index is 1070. The fourth-order valence-corrected chi connectivity index (χ4v) is 4.87. The van der Waals surface area contributed by atoms with E-state index in [4.69, 9.17) is 5.41 Å². The first-order chi connectivity index (χ1) is 13.2. The lowest BCUT2D eigenvalue weighted by molar-refractivity contribution is 0.322. The summed E-state index contributed by atoms with van der Waals surface area (Å²) in [5, 5.41) is 40.6. The molecular weight excluding hydrogens is 332 g/mol. The summed E-state index contributed by atoms with van der Waals surface area (Å²) in [6, 6.07) is 20.4. The van der Waals surface area contributed by atoms with E-state index in [9.17, 15) is 15.8 Å². The molecule has 0 amide bonds. The molecule has 4 nitrogen and oxygen atoms in total. The smallest absolute Gasteiger partial charge is 0.189 e. The number of hydrogen-bond donors (Lipinski definition) is 1. The highest BCUT2D eigenvalue weighted by molar-refractivity contribution is 6.01. The van der Waals surface area contributed by atoms with Crippen LogP contribution in [0.15, 0.2) is 54.1 Å². The fourth-order valence-electron chi connectivity index (χ4n) is 4.87. The first kappa shape index (κ1) is 17.0. The van der Waals surface area contributed by atoms with Gasteiger partial charge in [0, 0.05) is 5.92 Å². The minimum atomic E-state index is -1.62.